The number of hydrogen-bond acceptors (Lipinski definition) is 2. The molecule has 1 rings (SSSR count). The van der Waals surface area contributed by atoms with E-state index in [2.05, 4.69) is 24.5 Å². The van der Waals surface area contributed by atoms with Crippen LogP contribution in [0.5, 0.6) is 0 Å². The summed E-state index contributed by atoms with van der Waals surface area (Å²) in [5, 5.41) is 6.58. The average molecular weight is 224 g/mol. The molecule has 0 spiro atoms. The fourth-order valence-corrected chi connectivity index (χ4v) is 1.66. The molecule has 90 valence electrons. The third-order valence-electron chi connectivity index (χ3n) is 2.61. The van der Waals surface area contributed by atoms with Gasteiger partial charge in [-0.1, -0.05) is 12.1 Å². The number of aryl methyl sites for hydroxylation is 1. The van der Waals surface area contributed by atoms with Gasteiger partial charge in [-0.25, -0.2) is 4.39 Å². The molecule has 0 saturated carbocycles. The van der Waals surface area contributed by atoms with Crippen LogP contribution in [0.1, 0.15) is 25.0 Å². The maximum atomic E-state index is 13.1. The Kier molecular flexibility index (Phi) is 4.44. The number of nitrogens with one attached hydrogen (secondary N) is 2. The standard InChI is InChI=1S/C13H21FN2/c1-10-7-11(5-6-12(10)14)8-16-13(2,3)9-15-4/h5-7,15-16H,8-9H2,1-4H3. The highest BCUT2D eigenvalue weighted by atomic mass is 19.1. The average Bonchev–Trinajstić information content (AvgIpc) is 2.20. The van der Waals surface area contributed by atoms with Crippen molar-refractivity contribution in [3.63, 3.8) is 0 Å². The number of hydrogen-bond donors (Lipinski definition) is 2. The second-order valence-electron chi connectivity index (χ2n) is 4.85. The van der Waals surface area contributed by atoms with Crippen LogP contribution in [0.4, 0.5) is 4.39 Å². The zero-order valence-corrected chi connectivity index (χ0v) is 10.5. The minimum atomic E-state index is -0.141. The van der Waals surface area contributed by atoms with Crippen molar-refractivity contribution in [3.8, 4) is 0 Å². The van der Waals surface area contributed by atoms with Gasteiger partial charge in [0.25, 0.3) is 0 Å². The van der Waals surface area contributed by atoms with E-state index in [-0.39, 0.29) is 11.4 Å². The van der Waals surface area contributed by atoms with Crippen LogP contribution in [0.15, 0.2) is 18.2 Å². The maximum Gasteiger partial charge on any atom is 0.126 e. The minimum absolute atomic E-state index is 0.0387. The van der Waals surface area contributed by atoms with Crippen LogP contribution in [0, 0.1) is 12.7 Å². The van der Waals surface area contributed by atoms with Crippen molar-refractivity contribution in [2.45, 2.75) is 32.9 Å². The van der Waals surface area contributed by atoms with Gasteiger partial charge in [0.2, 0.25) is 0 Å². The smallest absolute Gasteiger partial charge is 0.126 e. The molecule has 1 aromatic carbocycles. The summed E-state index contributed by atoms with van der Waals surface area (Å²) in [5.74, 6) is -0.141. The molecule has 0 aliphatic carbocycles. The van der Waals surface area contributed by atoms with Crippen LogP contribution in [0.2, 0.25) is 0 Å². The molecule has 2 N–H and O–H groups in total. The van der Waals surface area contributed by atoms with Gasteiger partial charge in [0, 0.05) is 18.6 Å². The molecule has 3 heteroatoms. The van der Waals surface area contributed by atoms with Crippen molar-refractivity contribution in [2.24, 2.45) is 0 Å². The summed E-state index contributed by atoms with van der Waals surface area (Å²) in [6.07, 6.45) is 0. The van der Waals surface area contributed by atoms with Gasteiger partial charge in [-0.2, -0.15) is 0 Å². The lowest BCUT2D eigenvalue weighted by Crippen LogP contribution is -2.46. The third kappa shape index (κ3) is 3.91. The van der Waals surface area contributed by atoms with E-state index in [1.54, 1.807) is 6.92 Å². The predicted molar refractivity (Wildman–Crippen MR) is 66.0 cm³/mol. The Morgan fingerprint density at radius 3 is 2.56 bits per heavy atom. The van der Waals surface area contributed by atoms with Gasteiger partial charge in [0.1, 0.15) is 5.82 Å². The summed E-state index contributed by atoms with van der Waals surface area (Å²) < 4.78 is 13.1. The molecular weight excluding hydrogens is 203 g/mol. The lowest BCUT2D eigenvalue weighted by atomic mass is 10.0. The Hall–Kier alpha value is -0.930. The Bertz CT molecular complexity index is 348. The fraction of sp³-hybridized carbons (Fsp3) is 0.538. The SMILES string of the molecule is CNCC(C)(C)NCc1ccc(F)c(C)c1. The first kappa shape index (κ1) is 13.1. The van der Waals surface area contributed by atoms with Crippen LogP contribution in [-0.2, 0) is 6.54 Å². The molecule has 0 aliphatic rings. The summed E-state index contributed by atoms with van der Waals surface area (Å²) in [5.41, 5.74) is 1.85. The molecule has 0 bridgehead atoms. The van der Waals surface area contributed by atoms with E-state index in [9.17, 15) is 4.39 Å². The first-order valence-electron chi connectivity index (χ1n) is 5.59. The van der Waals surface area contributed by atoms with E-state index in [1.165, 1.54) is 6.07 Å². The van der Waals surface area contributed by atoms with Gasteiger partial charge in [0.05, 0.1) is 0 Å². The maximum absolute atomic E-state index is 13.1. The largest absolute Gasteiger partial charge is 0.318 e. The molecule has 0 heterocycles. The van der Waals surface area contributed by atoms with Gasteiger partial charge < -0.3 is 10.6 Å². The van der Waals surface area contributed by atoms with Gasteiger partial charge in [-0.05, 0) is 45.0 Å². The van der Waals surface area contributed by atoms with Crippen molar-refractivity contribution < 1.29 is 4.39 Å². The highest BCUT2D eigenvalue weighted by Gasteiger charge is 2.15. The predicted octanol–water partition coefficient (Wildman–Crippen LogP) is 2.22. The van der Waals surface area contributed by atoms with E-state index in [0.29, 0.717) is 5.56 Å². The second kappa shape index (κ2) is 5.41. The van der Waals surface area contributed by atoms with E-state index < -0.39 is 0 Å². The molecule has 0 unspecified atom stereocenters. The van der Waals surface area contributed by atoms with Gasteiger partial charge in [0.15, 0.2) is 0 Å². The third-order valence-corrected chi connectivity index (χ3v) is 2.61. The van der Waals surface area contributed by atoms with Crippen LogP contribution in [-0.4, -0.2) is 19.1 Å². The molecule has 0 saturated heterocycles. The van der Waals surface area contributed by atoms with Crippen LogP contribution >= 0.6 is 0 Å². The van der Waals surface area contributed by atoms with Crippen molar-refractivity contribution in [1.82, 2.24) is 10.6 Å². The topological polar surface area (TPSA) is 24.1 Å². The summed E-state index contributed by atoms with van der Waals surface area (Å²) in [6.45, 7) is 7.72. The number of likely N-dealkylation sites (N-methyl/N-ethyl adjacent to an activating group) is 1. The van der Waals surface area contributed by atoms with E-state index in [0.717, 1.165) is 18.7 Å². The Labute approximate surface area is 97.3 Å². The zero-order valence-electron chi connectivity index (χ0n) is 10.5. The first-order chi connectivity index (χ1) is 7.44. The highest BCUT2D eigenvalue weighted by molar-refractivity contribution is 5.23. The quantitative estimate of drug-likeness (QED) is 0.801. The minimum Gasteiger partial charge on any atom is -0.318 e. The molecule has 16 heavy (non-hydrogen) atoms. The summed E-state index contributed by atoms with van der Waals surface area (Å²) in [6, 6.07) is 5.24. The number of rotatable bonds is 5. The number of benzene rings is 1. The second-order valence-corrected chi connectivity index (χ2v) is 4.85. The molecule has 0 atom stereocenters. The van der Waals surface area contributed by atoms with Crippen molar-refractivity contribution >= 4 is 0 Å². The first-order valence-corrected chi connectivity index (χ1v) is 5.59. The monoisotopic (exact) mass is 224 g/mol. The summed E-state index contributed by atoms with van der Waals surface area (Å²) >= 11 is 0. The van der Waals surface area contributed by atoms with E-state index in [1.807, 2.05) is 19.2 Å². The highest BCUT2D eigenvalue weighted by Crippen LogP contribution is 2.10. The van der Waals surface area contributed by atoms with Crippen molar-refractivity contribution in [3.05, 3.63) is 35.1 Å². The molecule has 0 aliphatic heterocycles. The zero-order chi connectivity index (χ0) is 12.2. The lowest BCUT2D eigenvalue weighted by molar-refractivity contribution is 0.374. The van der Waals surface area contributed by atoms with Gasteiger partial charge in [-0.15, -0.1) is 0 Å². The van der Waals surface area contributed by atoms with Gasteiger partial charge >= 0.3 is 0 Å². The Morgan fingerprint density at radius 1 is 1.31 bits per heavy atom. The van der Waals surface area contributed by atoms with Gasteiger partial charge in [-0.3, -0.25) is 0 Å². The molecular formula is C13H21FN2. The van der Waals surface area contributed by atoms with Crippen LogP contribution < -0.4 is 10.6 Å². The normalized spacial score (nSPS) is 11.8. The number of halogens is 1. The van der Waals surface area contributed by atoms with E-state index >= 15 is 0 Å². The molecule has 0 amide bonds. The molecule has 2 nitrogen and oxygen atoms in total. The fourth-order valence-electron chi connectivity index (χ4n) is 1.66. The molecule has 0 radical (unpaired) electrons. The van der Waals surface area contributed by atoms with Crippen molar-refractivity contribution in [2.75, 3.05) is 13.6 Å². The molecule has 1 aromatic rings. The summed E-state index contributed by atoms with van der Waals surface area (Å²) in [4.78, 5) is 0. The van der Waals surface area contributed by atoms with Crippen LogP contribution in [0.25, 0.3) is 0 Å². The Morgan fingerprint density at radius 2 is 2.00 bits per heavy atom. The van der Waals surface area contributed by atoms with E-state index in [4.69, 9.17) is 0 Å². The van der Waals surface area contributed by atoms with Crippen LogP contribution in [0.3, 0.4) is 0 Å². The molecule has 0 aromatic heterocycles. The Balaban J connectivity index is 2.57. The molecule has 0 fully saturated rings. The lowest BCUT2D eigenvalue weighted by Gasteiger charge is -2.26. The van der Waals surface area contributed by atoms with Crippen molar-refractivity contribution in [1.29, 1.82) is 0 Å². The summed E-state index contributed by atoms with van der Waals surface area (Å²) in [7, 11) is 1.94.